The number of carbonyl (C=O) groups is 3. The van der Waals surface area contributed by atoms with E-state index in [0.717, 1.165) is 0 Å². The van der Waals surface area contributed by atoms with Crippen molar-refractivity contribution in [3.8, 4) is 11.5 Å². The standard InChI is InChI=1S/C18H17N3O6S/c1-10(22)19-18-20-21(11(2)23)16(28-18)12-6-7-13(15(9-12)25-3)27-17(24)14-5-4-8-26-14/h4-9,16H,1-3H3,(H,19,20,22)/t16-/m1/s1. The highest BCUT2D eigenvalue weighted by atomic mass is 32.2. The third kappa shape index (κ3) is 4.17. The lowest BCUT2D eigenvalue weighted by molar-refractivity contribution is -0.129. The van der Waals surface area contributed by atoms with Crippen LogP contribution in [0.15, 0.2) is 46.1 Å². The Morgan fingerprint density at radius 3 is 2.61 bits per heavy atom. The average Bonchev–Trinajstić information content (AvgIpc) is 3.31. The van der Waals surface area contributed by atoms with Crippen molar-refractivity contribution in [3.63, 3.8) is 0 Å². The number of hydrogen-bond acceptors (Lipinski definition) is 8. The van der Waals surface area contributed by atoms with Gasteiger partial charge in [0.15, 0.2) is 16.7 Å². The second-order valence-electron chi connectivity index (χ2n) is 5.70. The van der Waals surface area contributed by atoms with Crippen LogP contribution in [0.25, 0.3) is 0 Å². The third-order valence-corrected chi connectivity index (χ3v) is 4.75. The predicted molar refractivity (Wildman–Crippen MR) is 101 cm³/mol. The number of ether oxygens (including phenoxy) is 2. The highest BCUT2D eigenvalue weighted by molar-refractivity contribution is 8.14. The van der Waals surface area contributed by atoms with Gasteiger partial charge in [0.05, 0.1) is 13.4 Å². The van der Waals surface area contributed by atoms with E-state index < -0.39 is 11.3 Å². The van der Waals surface area contributed by atoms with Crippen LogP contribution in [0.2, 0.25) is 0 Å². The van der Waals surface area contributed by atoms with Gasteiger partial charge in [0, 0.05) is 13.8 Å². The fraction of sp³-hybridized carbons (Fsp3) is 0.222. The Hall–Kier alpha value is -3.27. The van der Waals surface area contributed by atoms with Crippen LogP contribution < -0.4 is 14.8 Å². The zero-order chi connectivity index (χ0) is 20.3. The minimum Gasteiger partial charge on any atom is -0.493 e. The summed E-state index contributed by atoms with van der Waals surface area (Å²) >= 11 is 1.21. The number of esters is 1. The summed E-state index contributed by atoms with van der Waals surface area (Å²) in [4.78, 5) is 35.3. The van der Waals surface area contributed by atoms with Gasteiger partial charge >= 0.3 is 5.97 Å². The first-order valence-corrected chi connectivity index (χ1v) is 9.03. The van der Waals surface area contributed by atoms with Crippen LogP contribution in [0.1, 0.15) is 35.3 Å². The first-order valence-electron chi connectivity index (χ1n) is 8.15. The fourth-order valence-electron chi connectivity index (χ4n) is 2.45. The minimum atomic E-state index is -0.659. The summed E-state index contributed by atoms with van der Waals surface area (Å²) in [6, 6.07) is 7.96. The molecule has 0 unspecified atom stereocenters. The van der Waals surface area contributed by atoms with E-state index in [0.29, 0.717) is 16.5 Å². The summed E-state index contributed by atoms with van der Waals surface area (Å²) in [5, 5.41) is 7.80. The van der Waals surface area contributed by atoms with Crippen molar-refractivity contribution in [2.45, 2.75) is 19.2 Å². The van der Waals surface area contributed by atoms with Gasteiger partial charge in [-0.05, 0) is 29.8 Å². The lowest BCUT2D eigenvalue weighted by atomic mass is 10.2. The van der Waals surface area contributed by atoms with Gasteiger partial charge in [-0.25, -0.2) is 9.80 Å². The molecule has 28 heavy (non-hydrogen) atoms. The van der Waals surface area contributed by atoms with E-state index in [2.05, 4.69) is 10.4 Å². The lowest BCUT2D eigenvalue weighted by Crippen LogP contribution is -2.25. The number of thioether (sulfide) groups is 1. The quantitative estimate of drug-likeness (QED) is 0.617. The van der Waals surface area contributed by atoms with Gasteiger partial charge in [-0.1, -0.05) is 17.8 Å². The number of amidine groups is 1. The molecule has 1 aliphatic rings. The summed E-state index contributed by atoms with van der Waals surface area (Å²) in [6.45, 7) is 2.74. The molecule has 1 aromatic heterocycles. The van der Waals surface area contributed by atoms with E-state index in [9.17, 15) is 14.4 Å². The Kier molecular flexibility index (Phi) is 5.69. The molecule has 0 spiro atoms. The van der Waals surface area contributed by atoms with Crippen LogP contribution in [0.4, 0.5) is 0 Å². The molecule has 1 N–H and O–H groups in total. The van der Waals surface area contributed by atoms with Gasteiger partial charge in [0.2, 0.25) is 17.6 Å². The molecule has 9 nitrogen and oxygen atoms in total. The third-order valence-electron chi connectivity index (χ3n) is 3.65. The number of hydrazone groups is 1. The Bertz CT molecular complexity index is 941. The number of carbonyl (C=O) groups excluding carboxylic acids is 3. The number of amides is 2. The van der Waals surface area contributed by atoms with Crippen molar-refractivity contribution in [1.29, 1.82) is 0 Å². The van der Waals surface area contributed by atoms with Crippen LogP contribution in [0.5, 0.6) is 11.5 Å². The number of benzene rings is 1. The molecule has 2 amide bonds. The first-order chi connectivity index (χ1) is 13.4. The smallest absolute Gasteiger partial charge is 0.379 e. The molecule has 1 atom stereocenters. The van der Waals surface area contributed by atoms with E-state index in [4.69, 9.17) is 13.9 Å². The number of methoxy groups -OCH3 is 1. The van der Waals surface area contributed by atoms with Crippen molar-refractivity contribution < 1.29 is 28.3 Å². The van der Waals surface area contributed by atoms with Crippen LogP contribution in [-0.4, -0.2) is 35.1 Å². The first kappa shape index (κ1) is 19.5. The Morgan fingerprint density at radius 2 is 2.00 bits per heavy atom. The second kappa shape index (κ2) is 8.17. The molecule has 10 heteroatoms. The topological polar surface area (TPSA) is 110 Å². The molecule has 1 aromatic carbocycles. The van der Waals surface area contributed by atoms with E-state index >= 15 is 0 Å². The predicted octanol–water partition coefficient (Wildman–Crippen LogP) is 2.51. The van der Waals surface area contributed by atoms with Gasteiger partial charge < -0.3 is 19.2 Å². The summed E-state index contributed by atoms with van der Waals surface area (Å²) < 4.78 is 15.7. The summed E-state index contributed by atoms with van der Waals surface area (Å²) in [6.07, 6.45) is 1.37. The number of nitrogens with one attached hydrogen (secondary N) is 1. The maximum Gasteiger partial charge on any atom is 0.379 e. The molecule has 1 aliphatic heterocycles. The van der Waals surface area contributed by atoms with E-state index in [1.165, 1.54) is 50.1 Å². The molecule has 0 saturated heterocycles. The van der Waals surface area contributed by atoms with Crippen molar-refractivity contribution in [2.75, 3.05) is 7.11 Å². The molecule has 2 aromatic rings. The molecule has 0 radical (unpaired) electrons. The second-order valence-corrected chi connectivity index (χ2v) is 6.77. The number of furan rings is 1. The number of nitrogens with zero attached hydrogens (tertiary/aromatic N) is 2. The Morgan fingerprint density at radius 1 is 1.21 bits per heavy atom. The fourth-order valence-corrected chi connectivity index (χ4v) is 3.57. The van der Waals surface area contributed by atoms with Crippen LogP contribution in [0, 0.1) is 0 Å². The highest BCUT2D eigenvalue weighted by Crippen LogP contribution is 2.41. The number of rotatable bonds is 4. The monoisotopic (exact) mass is 403 g/mol. The van der Waals surface area contributed by atoms with Crippen LogP contribution >= 0.6 is 11.8 Å². The van der Waals surface area contributed by atoms with Gasteiger partial charge in [-0.15, -0.1) is 5.10 Å². The molecular formula is C18H17N3O6S. The Balaban J connectivity index is 1.84. The molecule has 0 fully saturated rings. The maximum absolute atomic E-state index is 12.1. The molecule has 2 heterocycles. The lowest BCUT2D eigenvalue weighted by Gasteiger charge is -2.20. The summed E-state index contributed by atoms with van der Waals surface area (Å²) in [5.74, 6) is -0.665. The molecule has 0 aliphatic carbocycles. The van der Waals surface area contributed by atoms with E-state index in [-0.39, 0.29) is 23.3 Å². The minimum absolute atomic E-state index is 0.0635. The highest BCUT2D eigenvalue weighted by Gasteiger charge is 2.33. The molecule has 0 saturated carbocycles. The largest absolute Gasteiger partial charge is 0.493 e. The van der Waals surface area contributed by atoms with Crippen LogP contribution in [0.3, 0.4) is 0 Å². The van der Waals surface area contributed by atoms with Crippen molar-refractivity contribution in [3.05, 3.63) is 47.9 Å². The molecule has 0 bridgehead atoms. The van der Waals surface area contributed by atoms with Gasteiger partial charge in [-0.2, -0.15) is 0 Å². The molecule has 3 rings (SSSR count). The zero-order valence-corrected chi connectivity index (χ0v) is 16.1. The van der Waals surface area contributed by atoms with Gasteiger partial charge in [0.1, 0.15) is 5.37 Å². The van der Waals surface area contributed by atoms with Crippen molar-refractivity contribution in [2.24, 2.45) is 5.10 Å². The van der Waals surface area contributed by atoms with Crippen molar-refractivity contribution in [1.82, 2.24) is 10.3 Å². The molecule has 146 valence electrons. The Labute approximate surface area is 164 Å². The zero-order valence-electron chi connectivity index (χ0n) is 15.3. The normalized spacial score (nSPS) is 15.8. The van der Waals surface area contributed by atoms with E-state index in [1.54, 1.807) is 24.3 Å². The van der Waals surface area contributed by atoms with Gasteiger partial charge in [-0.3, -0.25) is 9.59 Å². The van der Waals surface area contributed by atoms with E-state index in [1.807, 2.05) is 0 Å². The summed E-state index contributed by atoms with van der Waals surface area (Å²) in [5.41, 5.74) is 0.680. The maximum atomic E-state index is 12.1. The molecular weight excluding hydrogens is 386 g/mol. The number of hydrogen-bond donors (Lipinski definition) is 1. The summed E-state index contributed by atoms with van der Waals surface area (Å²) in [7, 11) is 1.44. The SMILES string of the molecule is COc1cc([C@H]2SC(NC(C)=O)=NN2C(C)=O)ccc1OC(=O)c1ccco1. The van der Waals surface area contributed by atoms with Crippen LogP contribution in [-0.2, 0) is 9.59 Å². The van der Waals surface area contributed by atoms with Gasteiger partial charge in [0.25, 0.3) is 0 Å². The van der Waals surface area contributed by atoms with Crippen molar-refractivity contribution >= 4 is 34.7 Å². The average molecular weight is 403 g/mol.